The second kappa shape index (κ2) is 5.30. The number of ether oxygens (including phenoxy) is 1. The molecule has 0 radical (unpaired) electrons. The van der Waals surface area contributed by atoms with Crippen LogP contribution in [0.5, 0.6) is 5.75 Å². The van der Waals surface area contributed by atoms with Gasteiger partial charge in [-0.2, -0.15) is 0 Å². The Balaban J connectivity index is 2.34. The van der Waals surface area contributed by atoms with Gasteiger partial charge < -0.3 is 9.64 Å². The Bertz CT molecular complexity index is 693. The molecule has 2 aliphatic rings. The summed E-state index contributed by atoms with van der Waals surface area (Å²) in [5.41, 5.74) is 4.36. The molecule has 0 N–H and O–H groups in total. The predicted molar refractivity (Wildman–Crippen MR) is 93.7 cm³/mol. The zero-order chi connectivity index (χ0) is 16.8. The van der Waals surface area contributed by atoms with E-state index in [4.69, 9.17) is 11.2 Å². The smallest absolute Gasteiger partial charge is 0.153 e. The highest BCUT2D eigenvalue weighted by atomic mass is 16.5. The van der Waals surface area contributed by atoms with E-state index in [1.807, 2.05) is 6.07 Å². The molecule has 3 heteroatoms. The second-order valence-corrected chi connectivity index (χ2v) is 7.93. The first-order chi connectivity index (χ1) is 10.8. The van der Waals surface area contributed by atoms with Crippen LogP contribution in [0.4, 0.5) is 5.69 Å². The number of rotatable bonds is 3. The Morgan fingerprint density at radius 2 is 1.91 bits per heavy atom. The standard InChI is InChI=1S/C20H25NO2/c1-6-11-23-18-14(13-22)12-15-17-16(18)20(4,5)8-10-21(17)9-7-19(15,2)3/h1,12-13H,7-11H2,2-5H3. The lowest BCUT2D eigenvalue weighted by atomic mass is 9.69. The highest BCUT2D eigenvalue weighted by molar-refractivity contribution is 5.86. The van der Waals surface area contributed by atoms with E-state index >= 15 is 0 Å². The quantitative estimate of drug-likeness (QED) is 0.630. The molecule has 0 saturated heterocycles. The summed E-state index contributed by atoms with van der Waals surface area (Å²) in [6, 6.07) is 2.02. The van der Waals surface area contributed by atoms with Crippen LogP contribution >= 0.6 is 0 Å². The summed E-state index contributed by atoms with van der Waals surface area (Å²) in [5.74, 6) is 3.20. The van der Waals surface area contributed by atoms with Crippen molar-refractivity contribution in [2.75, 3.05) is 24.6 Å². The van der Waals surface area contributed by atoms with Gasteiger partial charge in [0.15, 0.2) is 6.29 Å². The molecule has 1 aromatic carbocycles. The number of carbonyl (C=O) groups is 1. The van der Waals surface area contributed by atoms with Crippen molar-refractivity contribution in [3.63, 3.8) is 0 Å². The molecule has 0 amide bonds. The van der Waals surface area contributed by atoms with Crippen molar-refractivity contribution in [1.82, 2.24) is 0 Å². The van der Waals surface area contributed by atoms with Crippen molar-refractivity contribution in [1.29, 1.82) is 0 Å². The van der Waals surface area contributed by atoms with Gasteiger partial charge in [-0.25, -0.2) is 0 Å². The van der Waals surface area contributed by atoms with Crippen molar-refractivity contribution >= 4 is 12.0 Å². The van der Waals surface area contributed by atoms with Crippen LogP contribution in [-0.2, 0) is 10.8 Å². The Labute approximate surface area is 139 Å². The molecule has 2 heterocycles. The maximum Gasteiger partial charge on any atom is 0.153 e. The molecule has 0 bridgehead atoms. The number of terminal acetylenes is 1. The maximum absolute atomic E-state index is 11.7. The topological polar surface area (TPSA) is 29.5 Å². The van der Waals surface area contributed by atoms with Crippen molar-refractivity contribution in [3.05, 3.63) is 22.8 Å². The van der Waals surface area contributed by atoms with Crippen LogP contribution in [0.3, 0.4) is 0 Å². The summed E-state index contributed by atoms with van der Waals surface area (Å²) in [4.78, 5) is 14.2. The number of carbonyl (C=O) groups excluding carboxylic acids is 1. The largest absolute Gasteiger partial charge is 0.480 e. The van der Waals surface area contributed by atoms with Crippen LogP contribution in [0.25, 0.3) is 0 Å². The van der Waals surface area contributed by atoms with Crippen molar-refractivity contribution < 1.29 is 9.53 Å². The normalized spacial score (nSPS) is 20.4. The summed E-state index contributed by atoms with van der Waals surface area (Å²) in [6.07, 6.45) is 8.43. The zero-order valence-electron chi connectivity index (χ0n) is 14.5. The number of anilines is 1. The number of nitrogens with zero attached hydrogens (tertiary/aromatic N) is 1. The summed E-state index contributed by atoms with van der Waals surface area (Å²) in [5, 5.41) is 0. The SMILES string of the molecule is C#CCOc1c(C=O)cc2c3c1C(C)(C)CCN3CCC2(C)C. The molecule has 122 valence electrons. The third-order valence-corrected chi connectivity index (χ3v) is 5.44. The van der Waals surface area contributed by atoms with Gasteiger partial charge in [-0.15, -0.1) is 6.42 Å². The minimum atomic E-state index is -0.0308. The van der Waals surface area contributed by atoms with Gasteiger partial charge >= 0.3 is 0 Å². The molecular weight excluding hydrogens is 286 g/mol. The Morgan fingerprint density at radius 3 is 2.52 bits per heavy atom. The third-order valence-electron chi connectivity index (χ3n) is 5.44. The summed E-state index contributed by atoms with van der Waals surface area (Å²) >= 11 is 0. The zero-order valence-corrected chi connectivity index (χ0v) is 14.5. The van der Waals surface area contributed by atoms with Crippen LogP contribution in [0.15, 0.2) is 6.07 Å². The van der Waals surface area contributed by atoms with E-state index in [0.29, 0.717) is 11.3 Å². The fraction of sp³-hybridized carbons (Fsp3) is 0.550. The second-order valence-electron chi connectivity index (χ2n) is 7.93. The van der Waals surface area contributed by atoms with E-state index in [0.717, 1.165) is 37.8 Å². The third kappa shape index (κ3) is 2.41. The number of aldehydes is 1. The number of hydrogen-bond donors (Lipinski definition) is 0. The minimum absolute atomic E-state index is 0.0308. The van der Waals surface area contributed by atoms with Gasteiger partial charge in [-0.3, -0.25) is 4.79 Å². The van der Waals surface area contributed by atoms with Gasteiger partial charge in [0.25, 0.3) is 0 Å². The van der Waals surface area contributed by atoms with E-state index in [2.05, 4.69) is 38.5 Å². The molecular formula is C20H25NO2. The Morgan fingerprint density at radius 1 is 1.26 bits per heavy atom. The molecule has 3 nitrogen and oxygen atoms in total. The average molecular weight is 311 g/mol. The molecule has 0 atom stereocenters. The molecule has 0 unspecified atom stereocenters. The minimum Gasteiger partial charge on any atom is -0.480 e. The number of hydrogen-bond acceptors (Lipinski definition) is 3. The first kappa shape index (κ1) is 15.9. The van der Waals surface area contributed by atoms with Gasteiger partial charge in [0.2, 0.25) is 0 Å². The lowest BCUT2D eigenvalue weighted by Gasteiger charge is -2.48. The summed E-state index contributed by atoms with van der Waals surface area (Å²) < 4.78 is 5.86. The molecule has 3 rings (SSSR count). The maximum atomic E-state index is 11.7. The highest BCUT2D eigenvalue weighted by Crippen LogP contribution is 2.53. The highest BCUT2D eigenvalue weighted by Gasteiger charge is 2.42. The van der Waals surface area contributed by atoms with E-state index < -0.39 is 0 Å². The van der Waals surface area contributed by atoms with Crippen molar-refractivity contribution in [3.8, 4) is 18.1 Å². The first-order valence-electron chi connectivity index (χ1n) is 8.30. The first-order valence-corrected chi connectivity index (χ1v) is 8.30. The van der Waals surface area contributed by atoms with Crippen molar-refractivity contribution in [2.24, 2.45) is 0 Å². The monoisotopic (exact) mass is 311 g/mol. The van der Waals surface area contributed by atoms with E-state index in [9.17, 15) is 4.79 Å². The predicted octanol–water partition coefficient (Wildman–Crippen LogP) is 3.68. The van der Waals surface area contributed by atoms with Gasteiger partial charge in [0.05, 0.1) is 5.56 Å². The van der Waals surface area contributed by atoms with E-state index in [1.54, 1.807) is 0 Å². The molecule has 0 spiro atoms. The molecule has 0 aromatic heterocycles. The van der Waals surface area contributed by atoms with Crippen LogP contribution < -0.4 is 9.64 Å². The van der Waals surface area contributed by atoms with E-state index in [-0.39, 0.29) is 17.4 Å². The molecule has 0 aliphatic carbocycles. The van der Waals surface area contributed by atoms with Crippen LogP contribution in [-0.4, -0.2) is 26.0 Å². The Kier molecular flexibility index (Phi) is 3.67. The average Bonchev–Trinajstić information content (AvgIpc) is 2.50. The lowest BCUT2D eigenvalue weighted by Crippen LogP contribution is -2.45. The fourth-order valence-corrected chi connectivity index (χ4v) is 3.93. The van der Waals surface area contributed by atoms with Crippen LogP contribution in [0.2, 0.25) is 0 Å². The molecule has 0 saturated carbocycles. The van der Waals surface area contributed by atoms with Gasteiger partial charge in [0, 0.05) is 24.3 Å². The van der Waals surface area contributed by atoms with Gasteiger partial charge in [-0.1, -0.05) is 33.6 Å². The van der Waals surface area contributed by atoms with Crippen molar-refractivity contribution in [2.45, 2.75) is 51.4 Å². The molecule has 2 aliphatic heterocycles. The van der Waals surface area contributed by atoms with Crippen LogP contribution in [0.1, 0.15) is 62.0 Å². The lowest BCUT2D eigenvalue weighted by molar-refractivity contribution is 0.111. The fourth-order valence-electron chi connectivity index (χ4n) is 3.93. The molecule has 23 heavy (non-hydrogen) atoms. The molecule has 1 aromatic rings. The van der Waals surface area contributed by atoms with Gasteiger partial charge in [0.1, 0.15) is 12.4 Å². The summed E-state index contributed by atoms with van der Waals surface area (Å²) in [6.45, 7) is 11.3. The van der Waals surface area contributed by atoms with E-state index in [1.165, 1.54) is 11.3 Å². The summed E-state index contributed by atoms with van der Waals surface area (Å²) in [7, 11) is 0. The van der Waals surface area contributed by atoms with Crippen LogP contribution in [0, 0.1) is 12.3 Å². The number of benzene rings is 1. The van der Waals surface area contributed by atoms with Gasteiger partial charge in [-0.05, 0) is 35.3 Å². The molecule has 0 fully saturated rings. The Hall–Kier alpha value is -1.95.